The van der Waals surface area contributed by atoms with E-state index in [-0.39, 0.29) is 11.4 Å². The fourth-order valence-electron chi connectivity index (χ4n) is 1.50. The molecule has 2 aromatic carbocycles. The van der Waals surface area contributed by atoms with Crippen molar-refractivity contribution in [1.82, 2.24) is 0 Å². The molecule has 88 valence electrons. The summed E-state index contributed by atoms with van der Waals surface area (Å²) in [7, 11) is 0. The Bertz CT molecular complexity index is 532. The summed E-state index contributed by atoms with van der Waals surface area (Å²) < 4.78 is 40.3. The summed E-state index contributed by atoms with van der Waals surface area (Å²) in [6.07, 6.45) is 0. The monoisotopic (exact) mass is 237 g/mol. The largest absolute Gasteiger partial charge is 0.348 e. The van der Waals surface area contributed by atoms with Crippen molar-refractivity contribution in [2.45, 2.75) is 6.92 Å². The molecule has 1 N–H and O–H groups in total. The molecule has 1 nitrogen and oxygen atoms in total. The molecule has 0 heterocycles. The van der Waals surface area contributed by atoms with Gasteiger partial charge in [-0.3, -0.25) is 0 Å². The van der Waals surface area contributed by atoms with Crippen LogP contribution in [0.5, 0.6) is 0 Å². The Morgan fingerprint density at radius 2 is 1.47 bits per heavy atom. The third-order valence-electron chi connectivity index (χ3n) is 2.41. The van der Waals surface area contributed by atoms with Crippen molar-refractivity contribution in [3.63, 3.8) is 0 Å². The van der Waals surface area contributed by atoms with Crippen LogP contribution in [0.1, 0.15) is 5.56 Å². The van der Waals surface area contributed by atoms with Gasteiger partial charge in [-0.2, -0.15) is 0 Å². The molecule has 0 unspecified atom stereocenters. The molecule has 2 rings (SSSR count). The molecule has 0 aromatic heterocycles. The van der Waals surface area contributed by atoms with Crippen LogP contribution < -0.4 is 5.32 Å². The van der Waals surface area contributed by atoms with Crippen molar-refractivity contribution in [1.29, 1.82) is 0 Å². The van der Waals surface area contributed by atoms with Gasteiger partial charge in [-0.15, -0.1) is 0 Å². The van der Waals surface area contributed by atoms with Crippen molar-refractivity contribution >= 4 is 11.4 Å². The number of hydrogen-bond donors (Lipinski definition) is 1. The lowest BCUT2D eigenvalue weighted by Crippen LogP contribution is -2.00. The summed E-state index contributed by atoms with van der Waals surface area (Å²) in [5.41, 5.74) is 0.109. The molecule has 0 aliphatic carbocycles. The van der Waals surface area contributed by atoms with Gasteiger partial charge in [0.05, 0.1) is 5.69 Å². The second-order valence-corrected chi connectivity index (χ2v) is 3.66. The summed E-state index contributed by atoms with van der Waals surface area (Å²) in [6.45, 7) is 1.58. The molecule has 0 amide bonds. The smallest absolute Gasteiger partial charge is 0.149 e. The van der Waals surface area contributed by atoms with Crippen LogP contribution in [0.2, 0.25) is 0 Å². The zero-order chi connectivity index (χ0) is 12.4. The Kier molecular flexibility index (Phi) is 3.04. The van der Waals surface area contributed by atoms with Crippen LogP contribution in [0, 0.1) is 24.4 Å². The van der Waals surface area contributed by atoms with Gasteiger partial charge >= 0.3 is 0 Å². The Morgan fingerprint density at radius 3 is 2.12 bits per heavy atom. The Morgan fingerprint density at radius 1 is 0.882 bits per heavy atom. The first-order valence-electron chi connectivity index (χ1n) is 5.05. The standard InChI is InChI=1S/C13H10F3N/c1-8-4-2-7-11(12(8)16)17-13-9(14)5-3-6-10(13)15/h2-7,17H,1H3. The fourth-order valence-corrected chi connectivity index (χ4v) is 1.50. The van der Waals surface area contributed by atoms with E-state index in [2.05, 4.69) is 5.32 Å². The normalized spacial score (nSPS) is 10.4. The Hall–Kier alpha value is -1.97. The van der Waals surface area contributed by atoms with E-state index in [4.69, 9.17) is 0 Å². The van der Waals surface area contributed by atoms with Gasteiger partial charge in [0, 0.05) is 0 Å². The minimum Gasteiger partial charge on any atom is -0.348 e. The van der Waals surface area contributed by atoms with Gasteiger partial charge in [0.25, 0.3) is 0 Å². The first kappa shape index (κ1) is 11.5. The lowest BCUT2D eigenvalue weighted by atomic mass is 10.2. The van der Waals surface area contributed by atoms with E-state index < -0.39 is 17.5 Å². The molecule has 0 spiro atoms. The van der Waals surface area contributed by atoms with Crippen LogP contribution in [-0.4, -0.2) is 0 Å². The number of rotatable bonds is 2. The number of hydrogen-bond acceptors (Lipinski definition) is 1. The summed E-state index contributed by atoms with van der Waals surface area (Å²) in [4.78, 5) is 0. The SMILES string of the molecule is Cc1cccc(Nc2c(F)cccc2F)c1F. The van der Waals surface area contributed by atoms with Gasteiger partial charge in [0.1, 0.15) is 23.1 Å². The lowest BCUT2D eigenvalue weighted by Gasteiger charge is -2.10. The number of aryl methyl sites for hydroxylation is 1. The molecule has 2 aromatic rings. The zero-order valence-corrected chi connectivity index (χ0v) is 9.10. The first-order valence-corrected chi connectivity index (χ1v) is 5.05. The maximum atomic E-state index is 13.6. The summed E-state index contributed by atoms with van der Waals surface area (Å²) in [6, 6.07) is 8.09. The topological polar surface area (TPSA) is 12.0 Å². The second kappa shape index (κ2) is 4.49. The highest BCUT2D eigenvalue weighted by Crippen LogP contribution is 2.25. The van der Waals surface area contributed by atoms with Gasteiger partial charge in [-0.1, -0.05) is 18.2 Å². The highest BCUT2D eigenvalue weighted by molar-refractivity contribution is 5.62. The van der Waals surface area contributed by atoms with Crippen molar-refractivity contribution in [3.8, 4) is 0 Å². The molecule has 0 fully saturated rings. The molecule has 0 aliphatic heterocycles. The summed E-state index contributed by atoms with van der Waals surface area (Å²) in [5.74, 6) is -2.04. The molecule has 0 radical (unpaired) electrons. The van der Waals surface area contributed by atoms with Gasteiger partial charge in [-0.05, 0) is 30.7 Å². The Balaban J connectivity index is 2.42. The Labute approximate surface area is 96.9 Å². The number of nitrogens with one attached hydrogen (secondary N) is 1. The number of para-hydroxylation sites is 1. The number of anilines is 2. The minimum atomic E-state index is -0.758. The van der Waals surface area contributed by atoms with Gasteiger partial charge in [0.2, 0.25) is 0 Å². The zero-order valence-electron chi connectivity index (χ0n) is 9.10. The van der Waals surface area contributed by atoms with Gasteiger partial charge in [-0.25, -0.2) is 13.2 Å². The van der Waals surface area contributed by atoms with Crippen LogP contribution in [-0.2, 0) is 0 Å². The van der Waals surface area contributed by atoms with E-state index in [0.29, 0.717) is 5.56 Å². The van der Waals surface area contributed by atoms with E-state index in [1.807, 2.05) is 0 Å². The van der Waals surface area contributed by atoms with Gasteiger partial charge < -0.3 is 5.32 Å². The number of halogens is 3. The first-order chi connectivity index (χ1) is 8.09. The molecule has 0 bridgehead atoms. The molecular formula is C13H10F3N. The molecular weight excluding hydrogens is 227 g/mol. The highest BCUT2D eigenvalue weighted by Gasteiger charge is 2.11. The van der Waals surface area contributed by atoms with Crippen molar-refractivity contribution < 1.29 is 13.2 Å². The molecule has 4 heteroatoms. The maximum absolute atomic E-state index is 13.6. The van der Waals surface area contributed by atoms with Crippen LogP contribution in [0.3, 0.4) is 0 Å². The molecule has 17 heavy (non-hydrogen) atoms. The minimum absolute atomic E-state index is 0.0500. The predicted octanol–water partition coefficient (Wildman–Crippen LogP) is 4.16. The predicted molar refractivity (Wildman–Crippen MR) is 60.8 cm³/mol. The van der Waals surface area contributed by atoms with Crippen molar-refractivity contribution in [3.05, 3.63) is 59.4 Å². The third kappa shape index (κ3) is 2.25. The van der Waals surface area contributed by atoms with Gasteiger partial charge in [0.15, 0.2) is 0 Å². The van der Waals surface area contributed by atoms with Crippen LogP contribution in [0.25, 0.3) is 0 Å². The van der Waals surface area contributed by atoms with Crippen molar-refractivity contribution in [2.24, 2.45) is 0 Å². The highest BCUT2D eigenvalue weighted by atomic mass is 19.1. The summed E-state index contributed by atoms with van der Waals surface area (Å²) >= 11 is 0. The second-order valence-electron chi connectivity index (χ2n) is 3.66. The maximum Gasteiger partial charge on any atom is 0.149 e. The quantitative estimate of drug-likeness (QED) is 0.827. The van der Waals surface area contributed by atoms with E-state index in [1.165, 1.54) is 12.1 Å². The van der Waals surface area contributed by atoms with E-state index >= 15 is 0 Å². The van der Waals surface area contributed by atoms with E-state index in [1.54, 1.807) is 19.1 Å². The third-order valence-corrected chi connectivity index (χ3v) is 2.41. The average molecular weight is 237 g/mol. The molecule has 0 saturated carbocycles. The van der Waals surface area contributed by atoms with Crippen molar-refractivity contribution in [2.75, 3.05) is 5.32 Å². The summed E-state index contributed by atoms with van der Waals surface area (Å²) in [5, 5.41) is 2.42. The van der Waals surface area contributed by atoms with Crippen LogP contribution in [0.4, 0.5) is 24.5 Å². The van der Waals surface area contributed by atoms with Crippen LogP contribution in [0.15, 0.2) is 36.4 Å². The van der Waals surface area contributed by atoms with Crippen LogP contribution >= 0.6 is 0 Å². The lowest BCUT2D eigenvalue weighted by molar-refractivity contribution is 0.589. The molecule has 0 aliphatic rings. The molecule has 0 saturated heterocycles. The molecule has 0 atom stereocenters. The van der Waals surface area contributed by atoms with E-state index in [9.17, 15) is 13.2 Å². The number of benzene rings is 2. The average Bonchev–Trinajstić information content (AvgIpc) is 2.29. The fraction of sp³-hybridized carbons (Fsp3) is 0.0769. The van der Waals surface area contributed by atoms with E-state index in [0.717, 1.165) is 12.1 Å².